The van der Waals surface area contributed by atoms with Gasteiger partial charge in [-0.2, -0.15) is 0 Å². The third-order valence-electron chi connectivity index (χ3n) is 4.19. The Morgan fingerprint density at radius 3 is 2.83 bits per heavy atom. The Bertz CT molecular complexity index is 520. The zero-order valence-corrected chi connectivity index (χ0v) is 15.1. The Morgan fingerprint density at radius 2 is 2.17 bits per heavy atom. The highest BCUT2D eigenvalue weighted by atomic mass is 16.5. The van der Waals surface area contributed by atoms with Gasteiger partial charge in [0.15, 0.2) is 5.69 Å². The van der Waals surface area contributed by atoms with Crippen molar-refractivity contribution in [3.05, 3.63) is 11.9 Å². The number of amides is 1. The van der Waals surface area contributed by atoms with Gasteiger partial charge in [-0.1, -0.05) is 12.1 Å². The van der Waals surface area contributed by atoms with E-state index in [1.807, 2.05) is 19.0 Å². The standard InChI is InChI=1S/C16H29N5O3/c1-5-7-20(9-6-8-19(2)3)16(22)13-10-21(18-17-13)14-11-24-12-15(14)23-4/h10,14-15H,5-9,11-12H2,1-4H3/t14-,15-/m1/s1. The van der Waals surface area contributed by atoms with Crippen LogP contribution in [0.15, 0.2) is 6.20 Å². The number of carbonyl (C=O) groups excluding carboxylic acids is 1. The summed E-state index contributed by atoms with van der Waals surface area (Å²) >= 11 is 0. The molecule has 1 aliphatic rings. The summed E-state index contributed by atoms with van der Waals surface area (Å²) in [5, 5.41) is 8.20. The molecule has 2 atom stereocenters. The van der Waals surface area contributed by atoms with Gasteiger partial charge in [0.1, 0.15) is 12.1 Å². The van der Waals surface area contributed by atoms with Crippen molar-refractivity contribution in [2.24, 2.45) is 0 Å². The van der Waals surface area contributed by atoms with E-state index in [0.29, 0.717) is 18.9 Å². The first-order valence-electron chi connectivity index (χ1n) is 8.53. The minimum Gasteiger partial charge on any atom is -0.377 e. The van der Waals surface area contributed by atoms with E-state index < -0.39 is 0 Å². The predicted molar refractivity (Wildman–Crippen MR) is 90.0 cm³/mol. The minimum absolute atomic E-state index is 0.0302. The number of ether oxygens (including phenoxy) is 2. The average Bonchev–Trinajstić information content (AvgIpc) is 3.21. The largest absolute Gasteiger partial charge is 0.377 e. The number of nitrogens with zero attached hydrogens (tertiary/aromatic N) is 5. The molecule has 1 aromatic heterocycles. The van der Waals surface area contributed by atoms with Crippen molar-refractivity contribution in [1.82, 2.24) is 24.8 Å². The van der Waals surface area contributed by atoms with Gasteiger partial charge in [0.05, 0.1) is 19.4 Å². The SMILES string of the molecule is CCCN(CCCN(C)C)C(=O)c1cn([C@@H]2COC[C@H]2OC)nn1. The summed E-state index contributed by atoms with van der Waals surface area (Å²) in [5.74, 6) is -0.0604. The van der Waals surface area contributed by atoms with Crippen molar-refractivity contribution in [3.8, 4) is 0 Å². The lowest BCUT2D eigenvalue weighted by molar-refractivity contribution is 0.0661. The molecule has 1 fully saturated rings. The molecular weight excluding hydrogens is 310 g/mol. The maximum Gasteiger partial charge on any atom is 0.276 e. The highest BCUT2D eigenvalue weighted by Crippen LogP contribution is 2.21. The maximum absolute atomic E-state index is 12.7. The van der Waals surface area contributed by atoms with Crippen molar-refractivity contribution < 1.29 is 14.3 Å². The summed E-state index contributed by atoms with van der Waals surface area (Å²) in [7, 11) is 5.73. The zero-order valence-electron chi connectivity index (χ0n) is 15.1. The number of methoxy groups -OCH3 is 1. The molecule has 8 nitrogen and oxygen atoms in total. The van der Waals surface area contributed by atoms with Gasteiger partial charge >= 0.3 is 0 Å². The van der Waals surface area contributed by atoms with E-state index in [0.717, 1.165) is 32.5 Å². The van der Waals surface area contributed by atoms with E-state index in [9.17, 15) is 4.79 Å². The molecule has 0 N–H and O–H groups in total. The molecule has 1 aliphatic heterocycles. The van der Waals surface area contributed by atoms with E-state index in [-0.39, 0.29) is 18.1 Å². The molecule has 24 heavy (non-hydrogen) atoms. The lowest BCUT2D eigenvalue weighted by Gasteiger charge is -2.22. The van der Waals surface area contributed by atoms with Crippen LogP contribution in [0.4, 0.5) is 0 Å². The molecule has 0 saturated carbocycles. The van der Waals surface area contributed by atoms with Gasteiger partial charge in [0.2, 0.25) is 0 Å². The van der Waals surface area contributed by atoms with Crippen molar-refractivity contribution >= 4 is 5.91 Å². The molecule has 136 valence electrons. The van der Waals surface area contributed by atoms with Crippen LogP contribution in [0.1, 0.15) is 36.3 Å². The Labute approximate surface area is 143 Å². The van der Waals surface area contributed by atoms with Gasteiger partial charge in [-0.25, -0.2) is 4.68 Å². The van der Waals surface area contributed by atoms with E-state index in [1.165, 1.54) is 0 Å². The molecule has 1 saturated heterocycles. The highest BCUT2D eigenvalue weighted by molar-refractivity contribution is 5.91. The summed E-state index contributed by atoms with van der Waals surface area (Å²) in [6.07, 6.45) is 3.52. The first-order chi connectivity index (χ1) is 11.6. The van der Waals surface area contributed by atoms with Crippen molar-refractivity contribution in [1.29, 1.82) is 0 Å². The number of hydrogen-bond donors (Lipinski definition) is 0. The molecule has 0 radical (unpaired) electrons. The number of rotatable bonds is 9. The first kappa shape index (κ1) is 18.8. The van der Waals surface area contributed by atoms with Crippen LogP contribution in [0, 0.1) is 0 Å². The smallest absolute Gasteiger partial charge is 0.276 e. The van der Waals surface area contributed by atoms with Crippen LogP contribution in [0.25, 0.3) is 0 Å². The number of carbonyl (C=O) groups is 1. The molecule has 0 spiro atoms. The second-order valence-electron chi connectivity index (χ2n) is 6.41. The molecule has 2 heterocycles. The molecule has 0 bridgehead atoms. The summed E-state index contributed by atoms with van der Waals surface area (Å²) in [6.45, 7) is 5.54. The minimum atomic E-state index is -0.0604. The van der Waals surface area contributed by atoms with Crippen LogP contribution < -0.4 is 0 Å². The Morgan fingerprint density at radius 1 is 1.38 bits per heavy atom. The lowest BCUT2D eigenvalue weighted by atomic mass is 10.2. The van der Waals surface area contributed by atoms with E-state index in [2.05, 4.69) is 22.1 Å². The van der Waals surface area contributed by atoms with Crippen LogP contribution in [0.3, 0.4) is 0 Å². The Hall–Kier alpha value is -1.51. The van der Waals surface area contributed by atoms with Crippen LogP contribution >= 0.6 is 0 Å². The quantitative estimate of drug-likeness (QED) is 0.658. The second kappa shape index (κ2) is 9.10. The van der Waals surface area contributed by atoms with Crippen molar-refractivity contribution in [2.45, 2.75) is 31.9 Å². The van der Waals surface area contributed by atoms with Gasteiger partial charge in [-0.15, -0.1) is 5.10 Å². The van der Waals surface area contributed by atoms with Crippen LogP contribution in [-0.2, 0) is 9.47 Å². The van der Waals surface area contributed by atoms with Crippen LogP contribution in [-0.4, -0.2) is 90.9 Å². The fraction of sp³-hybridized carbons (Fsp3) is 0.812. The third kappa shape index (κ3) is 4.75. The lowest BCUT2D eigenvalue weighted by Crippen LogP contribution is -2.34. The Kier molecular flexibility index (Phi) is 7.14. The van der Waals surface area contributed by atoms with E-state index in [4.69, 9.17) is 9.47 Å². The molecule has 0 aromatic carbocycles. The third-order valence-corrected chi connectivity index (χ3v) is 4.19. The molecule has 8 heteroatoms. The van der Waals surface area contributed by atoms with Crippen LogP contribution in [0.5, 0.6) is 0 Å². The van der Waals surface area contributed by atoms with Gasteiger partial charge in [0.25, 0.3) is 5.91 Å². The summed E-state index contributed by atoms with van der Waals surface area (Å²) in [6, 6.07) is -0.0302. The second-order valence-corrected chi connectivity index (χ2v) is 6.41. The van der Waals surface area contributed by atoms with E-state index in [1.54, 1.807) is 18.0 Å². The highest BCUT2D eigenvalue weighted by Gasteiger charge is 2.31. The zero-order chi connectivity index (χ0) is 17.5. The average molecular weight is 339 g/mol. The normalized spacial score (nSPS) is 20.7. The number of aromatic nitrogens is 3. The van der Waals surface area contributed by atoms with Gasteiger partial charge in [-0.3, -0.25) is 4.79 Å². The summed E-state index contributed by atoms with van der Waals surface area (Å²) in [5.41, 5.74) is 0.384. The predicted octanol–water partition coefficient (Wildman–Crippen LogP) is 0.668. The molecular formula is C16H29N5O3. The fourth-order valence-corrected chi connectivity index (χ4v) is 2.86. The van der Waals surface area contributed by atoms with Gasteiger partial charge in [0, 0.05) is 20.2 Å². The molecule has 1 aromatic rings. The van der Waals surface area contributed by atoms with Crippen molar-refractivity contribution in [2.75, 3.05) is 54.1 Å². The molecule has 2 rings (SSSR count). The van der Waals surface area contributed by atoms with Gasteiger partial charge < -0.3 is 19.3 Å². The van der Waals surface area contributed by atoms with Crippen molar-refractivity contribution in [3.63, 3.8) is 0 Å². The van der Waals surface area contributed by atoms with E-state index >= 15 is 0 Å². The first-order valence-corrected chi connectivity index (χ1v) is 8.53. The summed E-state index contributed by atoms with van der Waals surface area (Å²) < 4.78 is 12.5. The molecule has 1 amide bonds. The van der Waals surface area contributed by atoms with Gasteiger partial charge in [-0.05, 0) is 33.5 Å². The topological polar surface area (TPSA) is 72.7 Å². The van der Waals surface area contributed by atoms with Crippen LogP contribution in [0.2, 0.25) is 0 Å². The summed E-state index contributed by atoms with van der Waals surface area (Å²) in [4.78, 5) is 16.7. The monoisotopic (exact) mass is 339 g/mol. The fourth-order valence-electron chi connectivity index (χ4n) is 2.86. The molecule has 0 unspecified atom stereocenters. The molecule has 0 aliphatic carbocycles. The Balaban J connectivity index is 2.01. The maximum atomic E-state index is 12.7. The number of hydrogen-bond acceptors (Lipinski definition) is 6.